The van der Waals surface area contributed by atoms with Crippen LogP contribution in [-0.4, -0.2) is 17.6 Å². The van der Waals surface area contributed by atoms with Crippen LogP contribution in [0, 0.1) is 0 Å². The maximum Gasteiger partial charge on any atom is 0.249 e. The van der Waals surface area contributed by atoms with Crippen LogP contribution in [0.3, 0.4) is 0 Å². The molecular formula is C31H42N2O3. The lowest BCUT2D eigenvalue weighted by Crippen LogP contribution is -2.21. The minimum absolute atomic E-state index is 0.0000345. The number of carbonyl (C=O) groups excluding carboxylic acids is 1. The molecule has 3 rings (SSSR count). The third-order valence-corrected chi connectivity index (χ3v) is 7.91. The van der Waals surface area contributed by atoms with Gasteiger partial charge in [-0.3, -0.25) is 4.79 Å². The lowest BCUT2D eigenvalue weighted by atomic mass is 9.76. The van der Waals surface area contributed by atoms with Gasteiger partial charge in [0, 0.05) is 16.5 Å². The lowest BCUT2D eigenvalue weighted by molar-refractivity contribution is 0.100. The van der Waals surface area contributed by atoms with E-state index in [4.69, 9.17) is 16.2 Å². The van der Waals surface area contributed by atoms with Crippen LogP contribution in [0.1, 0.15) is 94.3 Å². The number of benzene rings is 3. The smallest absolute Gasteiger partial charge is 0.249 e. The molecule has 3 aromatic rings. The Hall–Kier alpha value is -3.21. The van der Waals surface area contributed by atoms with Gasteiger partial charge in [-0.05, 0) is 60.0 Å². The van der Waals surface area contributed by atoms with Gasteiger partial charge in [0.15, 0.2) is 0 Å². The summed E-state index contributed by atoms with van der Waals surface area (Å²) >= 11 is 0. The van der Waals surface area contributed by atoms with Crippen LogP contribution in [0.25, 0.3) is 10.8 Å². The Labute approximate surface area is 215 Å². The Bertz CT molecular complexity index is 1240. The van der Waals surface area contributed by atoms with Crippen LogP contribution >= 0.6 is 0 Å². The van der Waals surface area contributed by atoms with Crippen molar-refractivity contribution in [2.75, 3.05) is 12.3 Å². The summed E-state index contributed by atoms with van der Waals surface area (Å²) in [5.41, 5.74) is 15.7. The van der Waals surface area contributed by atoms with Gasteiger partial charge in [-0.25, -0.2) is 0 Å². The highest BCUT2D eigenvalue weighted by Crippen LogP contribution is 2.40. The van der Waals surface area contributed by atoms with E-state index >= 15 is 0 Å². The maximum atomic E-state index is 12.3. The first kappa shape index (κ1) is 27.4. The van der Waals surface area contributed by atoms with E-state index in [-0.39, 0.29) is 22.3 Å². The summed E-state index contributed by atoms with van der Waals surface area (Å²) in [7, 11) is 0. The first-order valence-electron chi connectivity index (χ1n) is 13.0. The molecule has 0 spiro atoms. The minimum Gasteiger partial charge on any atom is -0.505 e. The quantitative estimate of drug-likeness (QED) is 0.153. The Morgan fingerprint density at radius 1 is 0.944 bits per heavy atom. The van der Waals surface area contributed by atoms with Crippen molar-refractivity contribution in [2.24, 2.45) is 5.73 Å². The van der Waals surface area contributed by atoms with Gasteiger partial charge in [0.25, 0.3) is 0 Å². The van der Waals surface area contributed by atoms with Crippen LogP contribution in [0.15, 0.2) is 42.5 Å². The first-order chi connectivity index (χ1) is 16.9. The van der Waals surface area contributed by atoms with Crippen LogP contribution in [0.5, 0.6) is 11.5 Å². The van der Waals surface area contributed by atoms with Gasteiger partial charge < -0.3 is 21.3 Å². The second kappa shape index (κ2) is 10.8. The van der Waals surface area contributed by atoms with E-state index in [0.717, 1.165) is 31.4 Å². The first-order valence-corrected chi connectivity index (χ1v) is 13.0. The molecule has 1 amide bonds. The zero-order valence-electron chi connectivity index (χ0n) is 22.7. The van der Waals surface area contributed by atoms with E-state index in [9.17, 15) is 9.90 Å². The molecular weight excluding hydrogens is 448 g/mol. The van der Waals surface area contributed by atoms with Crippen LogP contribution in [-0.2, 0) is 17.3 Å². The number of amides is 1. The number of rotatable bonds is 11. The Morgan fingerprint density at radius 2 is 1.58 bits per heavy atom. The van der Waals surface area contributed by atoms with Gasteiger partial charge in [0.2, 0.25) is 5.91 Å². The Morgan fingerprint density at radius 3 is 2.19 bits per heavy atom. The molecule has 0 unspecified atom stereocenters. The monoisotopic (exact) mass is 490 g/mol. The summed E-state index contributed by atoms with van der Waals surface area (Å²) in [4.78, 5) is 12.3. The van der Waals surface area contributed by atoms with E-state index in [1.807, 2.05) is 18.2 Å². The van der Waals surface area contributed by atoms with Gasteiger partial charge in [0.1, 0.15) is 11.5 Å². The van der Waals surface area contributed by atoms with Crippen molar-refractivity contribution in [1.29, 1.82) is 0 Å². The standard InChI is InChI=1S/C31H42N2O3/c1-7-30(3,4)20-16-17-25(24(19-20)31(5,6)8-2)36-18-12-11-15-23-26(29(33)35)21-13-9-10-14-22(21)27(32)28(23)34/h9-10,13-14,16-17,19,34H,7-8,11-12,15,18,32H2,1-6H3,(H2,33,35). The largest absolute Gasteiger partial charge is 0.505 e. The highest BCUT2D eigenvalue weighted by Gasteiger charge is 2.26. The van der Waals surface area contributed by atoms with Crippen molar-refractivity contribution in [3.8, 4) is 11.5 Å². The van der Waals surface area contributed by atoms with Gasteiger partial charge in [-0.2, -0.15) is 0 Å². The number of anilines is 1. The molecule has 0 aliphatic rings. The van der Waals surface area contributed by atoms with Gasteiger partial charge >= 0.3 is 0 Å². The van der Waals surface area contributed by atoms with Crippen LogP contribution < -0.4 is 16.2 Å². The van der Waals surface area contributed by atoms with Crippen LogP contribution in [0.4, 0.5) is 5.69 Å². The number of carbonyl (C=O) groups is 1. The second-order valence-electron chi connectivity index (χ2n) is 11.0. The molecule has 5 nitrogen and oxygen atoms in total. The zero-order valence-corrected chi connectivity index (χ0v) is 22.7. The fourth-order valence-corrected chi connectivity index (χ4v) is 4.62. The highest BCUT2D eigenvalue weighted by atomic mass is 16.5. The topological polar surface area (TPSA) is 98.6 Å². The summed E-state index contributed by atoms with van der Waals surface area (Å²) in [5, 5.41) is 12.1. The van der Waals surface area contributed by atoms with Crippen molar-refractivity contribution < 1.29 is 14.6 Å². The molecule has 36 heavy (non-hydrogen) atoms. The van der Waals surface area contributed by atoms with Crippen LogP contribution in [0.2, 0.25) is 0 Å². The Balaban J connectivity index is 1.77. The average Bonchev–Trinajstić information content (AvgIpc) is 2.86. The fourth-order valence-electron chi connectivity index (χ4n) is 4.62. The molecule has 3 aromatic carbocycles. The molecule has 0 saturated carbocycles. The third kappa shape index (κ3) is 5.45. The van der Waals surface area contributed by atoms with E-state index in [0.29, 0.717) is 34.9 Å². The molecule has 0 aliphatic heterocycles. The number of fused-ring (bicyclic) bond motifs is 1. The molecule has 0 aromatic heterocycles. The number of ether oxygens (including phenoxy) is 1. The molecule has 5 N–H and O–H groups in total. The van der Waals surface area contributed by atoms with Crippen molar-refractivity contribution in [1.82, 2.24) is 0 Å². The molecule has 0 radical (unpaired) electrons. The second-order valence-corrected chi connectivity index (χ2v) is 11.0. The molecule has 5 heteroatoms. The molecule has 0 heterocycles. The summed E-state index contributed by atoms with van der Waals surface area (Å²) in [6.45, 7) is 14.0. The SMILES string of the molecule is CCC(C)(C)c1ccc(OCCCCc2c(O)c(N)c3ccccc3c2C(N)=O)c(C(C)(C)CC)c1. The van der Waals surface area contributed by atoms with Crippen molar-refractivity contribution in [3.05, 3.63) is 64.7 Å². The fraction of sp³-hybridized carbons (Fsp3) is 0.452. The highest BCUT2D eigenvalue weighted by molar-refractivity contribution is 6.12. The number of primary amides is 1. The predicted octanol–water partition coefficient (Wildman–Crippen LogP) is 7.00. The molecule has 0 atom stereocenters. The number of aromatic hydroxyl groups is 1. The van der Waals surface area contributed by atoms with Crippen molar-refractivity contribution >= 4 is 22.4 Å². The number of phenolic OH excluding ortho intramolecular Hbond substituents is 1. The summed E-state index contributed by atoms with van der Waals surface area (Å²) in [6, 6.07) is 13.9. The van der Waals surface area contributed by atoms with Crippen molar-refractivity contribution in [3.63, 3.8) is 0 Å². The molecule has 0 aliphatic carbocycles. The van der Waals surface area contributed by atoms with Crippen molar-refractivity contribution in [2.45, 2.75) is 84.5 Å². The predicted molar refractivity (Wildman–Crippen MR) is 150 cm³/mol. The number of phenols is 1. The molecule has 0 fully saturated rings. The van der Waals surface area contributed by atoms with E-state index in [1.54, 1.807) is 6.07 Å². The zero-order chi connectivity index (χ0) is 26.7. The van der Waals surface area contributed by atoms with E-state index in [1.165, 1.54) is 11.1 Å². The minimum atomic E-state index is -0.561. The number of nitrogens with two attached hydrogens (primary N) is 2. The summed E-state index contributed by atoms with van der Waals surface area (Å²) < 4.78 is 6.29. The normalized spacial score (nSPS) is 12.2. The summed E-state index contributed by atoms with van der Waals surface area (Å²) in [5.74, 6) is 0.312. The summed E-state index contributed by atoms with van der Waals surface area (Å²) in [6.07, 6.45) is 4.05. The number of unbranched alkanes of at least 4 members (excludes halogenated alkanes) is 1. The average molecular weight is 491 g/mol. The maximum absolute atomic E-state index is 12.3. The van der Waals surface area contributed by atoms with Gasteiger partial charge in [0.05, 0.1) is 17.9 Å². The van der Waals surface area contributed by atoms with E-state index in [2.05, 4.69) is 59.7 Å². The molecule has 0 bridgehead atoms. The molecule has 0 saturated heterocycles. The van der Waals surface area contributed by atoms with E-state index < -0.39 is 5.91 Å². The Kier molecular flexibility index (Phi) is 8.22. The number of hydrogen-bond donors (Lipinski definition) is 3. The number of nitrogen functional groups attached to an aromatic ring is 1. The third-order valence-electron chi connectivity index (χ3n) is 7.91. The molecule has 194 valence electrons. The number of hydrogen-bond acceptors (Lipinski definition) is 4. The van der Waals surface area contributed by atoms with Gasteiger partial charge in [-0.15, -0.1) is 0 Å². The lowest BCUT2D eigenvalue weighted by Gasteiger charge is -2.30. The van der Waals surface area contributed by atoms with Gasteiger partial charge in [-0.1, -0.05) is 77.9 Å².